The molecule has 0 atom stereocenters. The van der Waals surface area contributed by atoms with Crippen molar-refractivity contribution in [1.29, 1.82) is 0 Å². The van der Waals surface area contributed by atoms with Crippen molar-refractivity contribution in [2.45, 2.75) is 18.7 Å². The number of aryl methyl sites for hydroxylation is 1. The SMILES string of the molecule is Cc1cccc(NS(=O)(=O)c2ccc(C(=O)Nc3ccc(Oc4ccncc4)cc3)cc2)c1C. The number of hydrogen-bond acceptors (Lipinski definition) is 5. The van der Waals surface area contributed by atoms with Crippen LogP contribution in [0.5, 0.6) is 11.5 Å². The molecule has 4 rings (SSSR count). The lowest BCUT2D eigenvalue weighted by molar-refractivity contribution is 0.102. The number of nitrogens with one attached hydrogen (secondary N) is 2. The highest BCUT2D eigenvalue weighted by atomic mass is 32.2. The molecule has 0 aliphatic carbocycles. The van der Waals surface area contributed by atoms with Crippen LogP contribution in [0, 0.1) is 13.8 Å². The van der Waals surface area contributed by atoms with E-state index in [0.29, 0.717) is 28.4 Å². The maximum Gasteiger partial charge on any atom is 0.261 e. The van der Waals surface area contributed by atoms with Gasteiger partial charge in [-0.25, -0.2) is 8.42 Å². The van der Waals surface area contributed by atoms with E-state index >= 15 is 0 Å². The van der Waals surface area contributed by atoms with Gasteiger partial charge < -0.3 is 10.1 Å². The van der Waals surface area contributed by atoms with Crippen LogP contribution in [-0.2, 0) is 10.0 Å². The number of ether oxygens (including phenoxy) is 1. The third kappa shape index (κ3) is 5.41. The second-order valence-electron chi connectivity index (χ2n) is 7.64. The number of pyridine rings is 1. The molecule has 1 heterocycles. The van der Waals surface area contributed by atoms with E-state index in [1.165, 1.54) is 24.3 Å². The van der Waals surface area contributed by atoms with Crippen LogP contribution in [0.1, 0.15) is 21.5 Å². The molecule has 4 aromatic rings. The van der Waals surface area contributed by atoms with Gasteiger partial charge in [-0.15, -0.1) is 0 Å². The normalized spacial score (nSPS) is 11.0. The number of anilines is 2. The van der Waals surface area contributed by atoms with E-state index in [4.69, 9.17) is 4.74 Å². The summed E-state index contributed by atoms with van der Waals surface area (Å²) in [6, 6.07) is 21.6. The van der Waals surface area contributed by atoms with Crippen molar-refractivity contribution in [3.8, 4) is 11.5 Å². The highest BCUT2D eigenvalue weighted by Crippen LogP contribution is 2.24. The van der Waals surface area contributed by atoms with E-state index in [1.807, 2.05) is 19.9 Å². The lowest BCUT2D eigenvalue weighted by atomic mass is 10.1. The van der Waals surface area contributed by atoms with Crippen LogP contribution < -0.4 is 14.8 Å². The number of carbonyl (C=O) groups excluding carboxylic acids is 1. The molecular formula is C26H23N3O4S. The van der Waals surface area contributed by atoms with E-state index < -0.39 is 10.0 Å². The van der Waals surface area contributed by atoms with Gasteiger partial charge in [0.2, 0.25) is 0 Å². The summed E-state index contributed by atoms with van der Waals surface area (Å²) in [5.74, 6) is 0.929. The Balaban J connectivity index is 1.41. The van der Waals surface area contributed by atoms with Crippen molar-refractivity contribution in [2.24, 2.45) is 0 Å². The number of rotatable bonds is 7. The first-order valence-corrected chi connectivity index (χ1v) is 12.0. The van der Waals surface area contributed by atoms with Gasteiger partial charge in [0.05, 0.1) is 10.6 Å². The van der Waals surface area contributed by atoms with E-state index in [2.05, 4.69) is 15.0 Å². The molecular weight excluding hydrogens is 450 g/mol. The number of benzene rings is 3. The summed E-state index contributed by atoms with van der Waals surface area (Å²) in [7, 11) is -3.78. The molecule has 7 nitrogen and oxygen atoms in total. The summed E-state index contributed by atoms with van der Waals surface area (Å²) in [6.07, 6.45) is 3.28. The van der Waals surface area contributed by atoms with Crippen LogP contribution in [0.4, 0.5) is 11.4 Å². The molecule has 0 unspecified atom stereocenters. The van der Waals surface area contributed by atoms with Gasteiger partial charge in [0.25, 0.3) is 15.9 Å². The Kier molecular flexibility index (Phi) is 6.60. The first-order chi connectivity index (χ1) is 16.3. The summed E-state index contributed by atoms with van der Waals surface area (Å²) >= 11 is 0. The van der Waals surface area contributed by atoms with E-state index in [0.717, 1.165) is 11.1 Å². The molecule has 0 radical (unpaired) electrons. The minimum Gasteiger partial charge on any atom is -0.457 e. The largest absolute Gasteiger partial charge is 0.457 e. The predicted molar refractivity (Wildman–Crippen MR) is 132 cm³/mol. The lowest BCUT2D eigenvalue weighted by Gasteiger charge is -2.12. The Hall–Kier alpha value is -4.17. The zero-order valence-electron chi connectivity index (χ0n) is 18.6. The fraction of sp³-hybridized carbons (Fsp3) is 0.0769. The van der Waals surface area contributed by atoms with E-state index in [1.54, 1.807) is 60.9 Å². The minimum atomic E-state index is -3.78. The van der Waals surface area contributed by atoms with Crippen molar-refractivity contribution in [1.82, 2.24) is 4.98 Å². The Labute approximate surface area is 198 Å². The molecule has 2 N–H and O–H groups in total. The molecule has 3 aromatic carbocycles. The van der Waals surface area contributed by atoms with Crippen molar-refractivity contribution in [2.75, 3.05) is 10.0 Å². The second kappa shape index (κ2) is 9.76. The maximum absolute atomic E-state index is 12.8. The molecule has 1 amide bonds. The minimum absolute atomic E-state index is 0.0718. The quantitative estimate of drug-likeness (QED) is 0.367. The van der Waals surface area contributed by atoms with E-state index in [-0.39, 0.29) is 10.8 Å². The Morgan fingerprint density at radius 3 is 2.15 bits per heavy atom. The van der Waals surface area contributed by atoms with Crippen LogP contribution in [0.2, 0.25) is 0 Å². The molecule has 1 aromatic heterocycles. The van der Waals surface area contributed by atoms with Gasteiger partial charge in [-0.2, -0.15) is 0 Å². The zero-order chi connectivity index (χ0) is 24.1. The van der Waals surface area contributed by atoms with Crippen molar-refractivity contribution in [3.63, 3.8) is 0 Å². The molecule has 0 aliphatic heterocycles. The Morgan fingerprint density at radius 2 is 1.47 bits per heavy atom. The van der Waals surface area contributed by atoms with Gasteiger partial charge >= 0.3 is 0 Å². The highest BCUT2D eigenvalue weighted by molar-refractivity contribution is 7.92. The summed E-state index contributed by atoms with van der Waals surface area (Å²) < 4.78 is 33.9. The fourth-order valence-electron chi connectivity index (χ4n) is 3.20. The summed E-state index contributed by atoms with van der Waals surface area (Å²) in [6.45, 7) is 3.78. The van der Waals surface area contributed by atoms with Gasteiger partial charge in [-0.3, -0.25) is 14.5 Å². The molecule has 0 saturated carbocycles. The van der Waals surface area contributed by atoms with Gasteiger partial charge in [0.15, 0.2) is 0 Å². The summed E-state index contributed by atoms with van der Waals surface area (Å²) in [4.78, 5) is 16.6. The maximum atomic E-state index is 12.8. The lowest BCUT2D eigenvalue weighted by Crippen LogP contribution is -2.15. The third-order valence-electron chi connectivity index (χ3n) is 5.27. The van der Waals surface area contributed by atoms with Gasteiger partial charge in [0.1, 0.15) is 11.5 Å². The van der Waals surface area contributed by atoms with Crippen LogP contribution in [-0.4, -0.2) is 19.3 Å². The molecule has 34 heavy (non-hydrogen) atoms. The molecule has 0 spiro atoms. The van der Waals surface area contributed by atoms with Crippen LogP contribution >= 0.6 is 0 Å². The second-order valence-corrected chi connectivity index (χ2v) is 9.32. The Bertz CT molecular complexity index is 1400. The smallest absolute Gasteiger partial charge is 0.261 e. The number of aromatic nitrogens is 1. The molecule has 8 heteroatoms. The number of sulfonamides is 1. The third-order valence-corrected chi connectivity index (χ3v) is 6.65. The van der Waals surface area contributed by atoms with Crippen LogP contribution in [0.25, 0.3) is 0 Å². The van der Waals surface area contributed by atoms with Crippen LogP contribution in [0.3, 0.4) is 0 Å². The first-order valence-electron chi connectivity index (χ1n) is 10.5. The standard InChI is InChI=1S/C26H23N3O4S/c1-18-4-3-5-25(19(18)2)29-34(31,32)24-12-6-20(7-13-24)26(30)28-21-8-10-22(11-9-21)33-23-14-16-27-17-15-23/h3-17,29H,1-2H3,(H,28,30). The van der Waals surface area contributed by atoms with Gasteiger partial charge in [0, 0.05) is 23.6 Å². The van der Waals surface area contributed by atoms with Crippen molar-refractivity contribution < 1.29 is 17.9 Å². The number of nitrogens with zero attached hydrogens (tertiary/aromatic N) is 1. The monoisotopic (exact) mass is 473 g/mol. The average Bonchev–Trinajstić information content (AvgIpc) is 2.84. The molecule has 0 aliphatic rings. The van der Waals surface area contributed by atoms with Crippen LogP contribution in [0.15, 0.2) is 96.2 Å². The number of hydrogen-bond donors (Lipinski definition) is 2. The van der Waals surface area contributed by atoms with E-state index in [9.17, 15) is 13.2 Å². The number of amides is 1. The van der Waals surface area contributed by atoms with Crippen molar-refractivity contribution in [3.05, 3.63) is 108 Å². The van der Waals surface area contributed by atoms with Crippen molar-refractivity contribution >= 4 is 27.3 Å². The predicted octanol–water partition coefficient (Wildman–Crippen LogP) is 5.54. The summed E-state index contributed by atoms with van der Waals surface area (Å²) in [5, 5.41) is 2.79. The highest BCUT2D eigenvalue weighted by Gasteiger charge is 2.17. The summed E-state index contributed by atoms with van der Waals surface area (Å²) in [5.41, 5.74) is 3.30. The molecule has 0 bridgehead atoms. The zero-order valence-corrected chi connectivity index (χ0v) is 19.5. The van der Waals surface area contributed by atoms with Gasteiger partial charge in [-0.1, -0.05) is 12.1 Å². The topological polar surface area (TPSA) is 97.4 Å². The molecule has 0 saturated heterocycles. The van der Waals surface area contributed by atoms with Gasteiger partial charge in [-0.05, 0) is 91.7 Å². The molecule has 0 fully saturated rings. The Morgan fingerprint density at radius 1 is 0.824 bits per heavy atom. The molecule has 172 valence electrons. The fourth-order valence-corrected chi connectivity index (χ4v) is 4.33. The average molecular weight is 474 g/mol. The number of carbonyl (C=O) groups is 1. The first kappa shape index (κ1) is 23.0.